The summed E-state index contributed by atoms with van der Waals surface area (Å²) in [5, 5.41) is 0. The summed E-state index contributed by atoms with van der Waals surface area (Å²) in [5.41, 5.74) is 8.96. The SMILES string of the molecule is CC(N)c1ccc2nc(-c3ccc(Oc4cccc(OCC(C)(F)F)c4)nc3)oc2c1.Cl. The number of fused-ring (bicyclic) bond motifs is 1. The van der Waals surface area contributed by atoms with Gasteiger partial charge in [-0.05, 0) is 42.8 Å². The molecule has 168 valence electrons. The van der Waals surface area contributed by atoms with Crippen LogP contribution in [0.5, 0.6) is 17.4 Å². The largest absolute Gasteiger partial charge is 0.487 e. The van der Waals surface area contributed by atoms with Crippen molar-refractivity contribution in [3.63, 3.8) is 0 Å². The highest BCUT2D eigenvalue weighted by Gasteiger charge is 2.22. The van der Waals surface area contributed by atoms with Crippen LogP contribution in [0, 0.1) is 0 Å². The van der Waals surface area contributed by atoms with Gasteiger partial charge in [0.15, 0.2) is 12.2 Å². The molecular weight excluding hydrogens is 440 g/mol. The monoisotopic (exact) mass is 461 g/mol. The molecule has 0 aliphatic heterocycles. The molecule has 4 aromatic rings. The van der Waals surface area contributed by atoms with Crippen LogP contribution in [0.25, 0.3) is 22.6 Å². The molecule has 0 amide bonds. The van der Waals surface area contributed by atoms with E-state index in [1.165, 1.54) is 6.07 Å². The number of alkyl halides is 2. The molecule has 0 aliphatic carbocycles. The van der Waals surface area contributed by atoms with E-state index >= 15 is 0 Å². The first-order valence-corrected chi connectivity index (χ1v) is 9.68. The van der Waals surface area contributed by atoms with Gasteiger partial charge < -0.3 is 19.6 Å². The Bertz CT molecular complexity index is 1190. The van der Waals surface area contributed by atoms with Gasteiger partial charge in [-0.2, -0.15) is 0 Å². The maximum atomic E-state index is 13.0. The normalized spacial score (nSPS) is 12.3. The van der Waals surface area contributed by atoms with Gasteiger partial charge >= 0.3 is 0 Å². The molecule has 0 aliphatic rings. The molecule has 2 heterocycles. The third kappa shape index (κ3) is 5.72. The number of halogens is 3. The maximum absolute atomic E-state index is 13.0. The number of aromatic nitrogens is 2. The van der Waals surface area contributed by atoms with Crippen molar-refractivity contribution < 1.29 is 22.7 Å². The predicted octanol–water partition coefficient (Wildman–Crippen LogP) is 6.16. The molecule has 2 N–H and O–H groups in total. The van der Waals surface area contributed by atoms with E-state index in [0.717, 1.165) is 18.0 Å². The Balaban J connectivity index is 0.00000289. The second-order valence-electron chi connectivity index (χ2n) is 7.36. The van der Waals surface area contributed by atoms with Gasteiger partial charge in [0.2, 0.25) is 11.8 Å². The van der Waals surface area contributed by atoms with Crippen LogP contribution in [0.2, 0.25) is 0 Å². The van der Waals surface area contributed by atoms with Crippen LogP contribution < -0.4 is 15.2 Å². The smallest absolute Gasteiger partial charge is 0.278 e. The summed E-state index contributed by atoms with van der Waals surface area (Å²) in [6, 6.07) is 15.5. The summed E-state index contributed by atoms with van der Waals surface area (Å²) in [5.74, 6) is -1.44. The minimum Gasteiger partial charge on any atom is -0.487 e. The number of ether oxygens (including phenoxy) is 2. The Morgan fingerprint density at radius 1 is 1.09 bits per heavy atom. The number of hydrogen-bond donors (Lipinski definition) is 1. The van der Waals surface area contributed by atoms with Crippen molar-refractivity contribution in [2.45, 2.75) is 25.8 Å². The van der Waals surface area contributed by atoms with Gasteiger partial charge in [0.25, 0.3) is 5.92 Å². The number of pyridine rings is 1. The van der Waals surface area contributed by atoms with E-state index in [9.17, 15) is 8.78 Å². The molecular formula is C23H22ClF2N3O3. The zero-order chi connectivity index (χ0) is 22.0. The fourth-order valence-electron chi connectivity index (χ4n) is 2.87. The van der Waals surface area contributed by atoms with Gasteiger partial charge in [0.05, 0.1) is 5.56 Å². The third-order valence-corrected chi connectivity index (χ3v) is 4.44. The van der Waals surface area contributed by atoms with Crippen LogP contribution in [-0.4, -0.2) is 22.5 Å². The minimum absolute atomic E-state index is 0. The van der Waals surface area contributed by atoms with E-state index in [4.69, 9.17) is 19.6 Å². The Kier molecular flexibility index (Phi) is 6.96. The van der Waals surface area contributed by atoms with E-state index in [2.05, 4.69) is 9.97 Å². The topological polar surface area (TPSA) is 83.4 Å². The molecule has 0 fully saturated rings. The molecule has 0 bridgehead atoms. The van der Waals surface area contributed by atoms with E-state index in [1.54, 1.807) is 36.5 Å². The van der Waals surface area contributed by atoms with E-state index < -0.39 is 12.5 Å². The minimum atomic E-state index is -2.91. The summed E-state index contributed by atoms with van der Waals surface area (Å²) in [4.78, 5) is 8.76. The standard InChI is InChI=1S/C23H21F2N3O3.ClH/c1-14(26)15-6-8-19-20(10-15)31-22(28-19)16-7-9-21(27-12-16)30-18-5-3-4-17(11-18)29-13-23(2,24)25;/h3-12,14H,13,26H2,1-2H3;1H. The maximum Gasteiger partial charge on any atom is 0.278 e. The number of oxazole rings is 1. The highest BCUT2D eigenvalue weighted by molar-refractivity contribution is 5.85. The van der Waals surface area contributed by atoms with Crippen LogP contribution in [0.3, 0.4) is 0 Å². The lowest BCUT2D eigenvalue weighted by molar-refractivity contribution is -0.0230. The quantitative estimate of drug-likeness (QED) is 0.355. The van der Waals surface area contributed by atoms with Crippen molar-refractivity contribution >= 4 is 23.5 Å². The predicted molar refractivity (Wildman–Crippen MR) is 120 cm³/mol. The van der Waals surface area contributed by atoms with Crippen LogP contribution in [-0.2, 0) is 0 Å². The number of nitrogens with zero attached hydrogens (tertiary/aromatic N) is 2. The number of nitrogens with two attached hydrogens (primary N) is 1. The van der Waals surface area contributed by atoms with Crippen molar-refractivity contribution in [3.8, 4) is 28.8 Å². The average Bonchev–Trinajstić information content (AvgIpc) is 3.16. The molecule has 9 heteroatoms. The van der Waals surface area contributed by atoms with Crippen molar-refractivity contribution in [2.24, 2.45) is 5.73 Å². The van der Waals surface area contributed by atoms with Gasteiger partial charge in [-0.25, -0.2) is 18.7 Å². The summed E-state index contributed by atoms with van der Waals surface area (Å²) in [6.45, 7) is 1.99. The van der Waals surface area contributed by atoms with Gasteiger partial charge in [0, 0.05) is 31.3 Å². The molecule has 0 saturated carbocycles. The lowest BCUT2D eigenvalue weighted by Crippen LogP contribution is -2.20. The number of hydrogen-bond acceptors (Lipinski definition) is 6. The summed E-state index contributed by atoms with van der Waals surface area (Å²) < 4.78 is 42.6. The van der Waals surface area contributed by atoms with Crippen molar-refractivity contribution in [3.05, 3.63) is 66.4 Å². The van der Waals surface area contributed by atoms with E-state index in [0.29, 0.717) is 28.7 Å². The van der Waals surface area contributed by atoms with Gasteiger partial charge in [-0.15, -0.1) is 12.4 Å². The first-order valence-electron chi connectivity index (χ1n) is 9.68. The first kappa shape index (κ1) is 23.4. The molecule has 2 aromatic heterocycles. The van der Waals surface area contributed by atoms with Gasteiger partial charge in [-0.3, -0.25) is 0 Å². The highest BCUT2D eigenvalue weighted by Crippen LogP contribution is 2.29. The van der Waals surface area contributed by atoms with Crippen LogP contribution in [0.4, 0.5) is 8.78 Å². The van der Waals surface area contributed by atoms with E-state index in [-0.39, 0.29) is 24.2 Å². The molecule has 0 radical (unpaired) electrons. The molecule has 6 nitrogen and oxygen atoms in total. The van der Waals surface area contributed by atoms with Crippen molar-refractivity contribution in [2.75, 3.05) is 6.61 Å². The molecule has 0 spiro atoms. The molecule has 2 aromatic carbocycles. The fraction of sp³-hybridized carbons (Fsp3) is 0.217. The first-order chi connectivity index (χ1) is 14.8. The molecule has 1 unspecified atom stereocenters. The van der Waals surface area contributed by atoms with Crippen molar-refractivity contribution in [1.29, 1.82) is 0 Å². The Morgan fingerprint density at radius 3 is 2.56 bits per heavy atom. The molecule has 4 rings (SSSR count). The second-order valence-corrected chi connectivity index (χ2v) is 7.36. The summed E-state index contributed by atoms with van der Waals surface area (Å²) in [7, 11) is 0. The fourth-order valence-corrected chi connectivity index (χ4v) is 2.87. The van der Waals surface area contributed by atoms with Gasteiger partial charge in [0.1, 0.15) is 17.0 Å². The Hall–Kier alpha value is -3.23. The second kappa shape index (κ2) is 9.50. The zero-order valence-electron chi connectivity index (χ0n) is 17.4. The van der Waals surface area contributed by atoms with E-state index in [1.807, 2.05) is 25.1 Å². The lowest BCUT2D eigenvalue weighted by Gasteiger charge is -2.12. The number of rotatable bonds is 7. The lowest BCUT2D eigenvalue weighted by atomic mass is 10.1. The highest BCUT2D eigenvalue weighted by atomic mass is 35.5. The van der Waals surface area contributed by atoms with Crippen LogP contribution in [0.15, 0.2) is 65.2 Å². The number of benzene rings is 2. The Morgan fingerprint density at radius 2 is 1.88 bits per heavy atom. The van der Waals surface area contributed by atoms with Crippen LogP contribution >= 0.6 is 12.4 Å². The summed E-state index contributed by atoms with van der Waals surface area (Å²) >= 11 is 0. The zero-order valence-corrected chi connectivity index (χ0v) is 18.2. The summed E-state index contributed by atoms with van der Waals surface area (Å²) in [6.07, 6.45) is 1.59. The molecule has 32 heavy (non-hydrogen) atoms. The van der Waals surface area contributed by atoms with Crippen molar-refractivity contribution in [1.82, 2.24) is 9.97 Å². The molecule has 1 atom stereocenters. The third-order valence-electron chi connectivity index (χ3n) is 4.44. The van der Waals surface area contributed by atoms with Gasteiger partial charge in [-0.1, -0.05) is 12.1 Å². The Labute approximate surface area is 189 Å². The molecule has 0 saturated heterocycles. The average molecular weight is 462 g/mol. The van der Waals surface area contributed by atoms with Crippen LogP contribution in [0.1, 0.15) is 25.5 Å².